The van der Waals surface area contributed by atoms with Crippen LogP contribution < -0.4 is 4.74 Å². The molecular formula is C14H10ClFN2O. The number of imidazole rings is 1. The molecule has 0 saturated carbocycles. The zero-order valence-corrected chi connectivity index (χ0v) is 10.8. The molecular weight excluding hydrogens is 267 g/mol. The summed E-state index contributed by atoms with van der Waals surface area (Å²) in [7, 11) is 1.58. The number of ether oxygens (including phenoxy) is 1. The van der Waals surface area contributed by atoms with Gasteiger partial charge in [0.05, 0.1) is 17.6 Å². The maximum absolute atomic E-state index is 12.9. The van der Waals surface area contributed by atoms with Crippen molar-refractivity contribution in [1.29, 1.82) is 0 Å². The van der Waals surface area contributed by atoms with Gasteiger partial charge < -0.3 is 9.72 Å². The maximum Gasteiger partial charge on any atom is 0.138 e. The lowest BCUT2D eigenvalue weighted by molar-refractivity contribution is 0.415. The van der Waals surface area contributed by atoms with E-state index in [2.05, 4.69) is 9.97 Å². The van der Waals surface area contributed by atoms with Crippen LogP contribution in [0.25, 0.3) is 22.4 Å². The number of halogens is 2. The minimum Gasteiger partial charge on any atom is -0.497 e. The molecule has 0 unspecified atom stereocenters. The molecule has 3 rings (SSSR count). The van der Waals surface area contributed by atoms with E-state index in [4.69, 9.17) is 16.3 Å². The van der Waals surface area contributed by atoms with Crippen LogP contribution >= 0.6 is 11.6 Å². The number of rotatable bonds is 2. The molecule has 0 saturated heterocycles. The van der Waals surface area contributed by atoms with Crippen LogP contribution in [0.15, 0.2) is 36.4 Å². The average molecular weight is 277 g/mol. The van der Waals surface area contributed by atoms with Crippen LogP contribution in [0.1, 0.15) is 0 Å². The lowest BCUT2D eigenvalue weighted by atomic mass is 10.2. The zero-order chi connectivity index (χ0) is 13.4. The number of hydrogen-bond donors (Lipinski definition) is 1. The molecule has 2 aromatic carbocycles. The van der Waals surface area contributed by atoms with Gasteiger partial charge >= 0.3 is 0 Å². The van der Waals surface area contributed by atoms with Crippen molar-refractivity contribution in [2.75, 3.05) is 7.11 Å². The molecule has 5 heteroatoms. The molecule has 0 spiro atoms. The van der Waals surface area contributed by atoms with Gasteiger partial charge in [0.15, 0.2) is 0 Å². The number of methoxy groups -OCH3 is 1. The van der Waals surface area contributed by atoms with Crippen molar-refractivity contribution in [1.82, 2.24) is 9.97 Å². The van der Waals surface area contributed by atoms with Gasteiger partial charge in [0.1, 0.15) is 22.9 Å². The molecule has 0 atom stereocenters. The Morgan fingerprint density at radius 1 is 1.21 bits per heavy atom. The fraction of sp³-hybridized carbons (Fsp3) is 0.0714. The van der Waals surface area contributed by atoms with Crippen molar-refractivity contribution in [2.24, 2.45) is 0 Å². The van der Waals surface area contributed by atoms with Gasteiger partial charge in [0, 0.05) is 17.7 Å². The van der Waals surface area contributed by atoms with Gasteiger partial charge in [-0.1, -0.05) is 11.6 Å². The number of hydrogen-bond acceptors (Lipinski definition) is 2. The van der Waals surface area contributed by atoms with Crippen molar-refractivity contribution >= 4 is 22.6 Å². The molecule has 1 aromatic heterocycles. The number of benzene rings is 2. The highest BCUT2D eigenvalue weighted by molar-refractivity contribution is 6.35. The normalized spacial score (nSPS) is 10.9. The monoisotopic (exact) mass is 276 g/mol. The van der Waals surface area contributed by atoms with Crippen LogP contribution in [-0.2, 0) is 0 Å². The second kappa shape index (κ2) is 4.55. The molecule has 0 fully saturated rings. The number of aromatic amines is 1. The van der Waals surface area contributed by atoms with E-state index in [1.165, 1.54) is 12.1 Å². The van der Waals surface area contributed by atoms with Crippen molar-refractivity contribution in [3.8, 4) is 17.1 Å². The third kappa shape index (κ3) is 2.15. The summed E-state index contributed by atoms with van der Waals surface area (Å²) in [6, 6.07) is 9.65. The minimum absolute atomic E-state index is 0.278. The molecule has 0 radical (unpaired) electrons. The van der Waals surface area contributed by atoms with E-state index in [-0.39, 0.29) is 5.82 Å². The standard InChI is InChI=1S/C14H10ClFN2O/c1-19-10-6-11(15)13-12(7-10)17-14(18-13)8-2-4-9(16)5-3-8/h2-7H,1H3,(H,17,18). The van der Waals surface area contributed by atoms with Gasteiger partial charge in [-0.2, -0.15) is 0 Å². The van der Waals surface area contributed by atoms with Crippen LogP contribution in [-0.4, -0.2) is 17.1 Å². The first-order valence-electron chi connectivity index (χ1n) is 5.66. The molecule has 19 heavy (non-hydrogen) atoms. The topological polar surface area (TPSA) is 37.9 Å². The fourth-order valence-corrected chi connectivity index (χ4v) is 2.16. The van der Waals surface area contributed by atoms with Gasteiger partial charge in [0.2, 0.25) is 0 Å². The molecule has 1 heterocycles. The number of nitrogens with zero attached hydrogens (tertiary/aromatic N) is 1. The summed E-state index contributed by atoms with van der Waals surface area (Å²) in [5, 5.41) is 0.513. The Bertz CT molecular complexity index is 737. The van der Waals surface area contributed by atoms with Gasteiger partial charge in [-0.25, -0.2) is 9.37 Å². The van der Waals surface area contributed by atoms with Crippen LogP contribution in [0.3, 0.4) is 0 Å². The van der Waals surface area contributed by atoms with E-state index >= 15 is 0 Å². The number of fused-ring (bicyclic) bond motifs is 1. The minimum atomic E-state index is -0.278. The quantitative estimate of drug-likeness (QED) is 0.767. The second-order valence-electron chi connectivity index (χ2n) is 4.10. The smallest absolute Gasteiger partial charge is 0.138 e. The van der Waals surface area contributed by atoms with Gasteiger partial charge in [-0.3, -0.25) is 0 Å². The van der Waals surface area contributed by atoms with Gasteiger partial charge in [-0.15, -0.1) is 0 Å². The first-order chi connectivity index (χ1) is 9.17. The Kier molecular flexibility index (Phi) is 2.87. The van der Waals surface area contributed by atoms with E-state index in [1.807, 2.05) is 6.07 Å². The molecule has 3 nitrogen and oxygen atoms in total. The molecule has 0 bridgehead atoms. The predicted octanol–water partition coefficient (Wildman–Crippen LogP) is 4.03. The molecule has 0 aliphatic rings. The molecule has 3 aromatic rings. The van der Waals surface area contributed by atoms with Gasteiger partial charge in [-0.05, 0) is 24.3 Å². The Hall–Kier alpha value is -2.07. The lowest BCUT2D eigenvalue weighted by Gasteiger charge is -1.99. The van der Waals surface area contributed by atoms with Crippen LogP contribution in [0.5, 0.6) is 5.75 Å². The van der Waals surface area contributed by atoms with E-state index in [0.29, 0.717) is 22.1 Å². The Morgan fingerprint density at radius 2 is 1.95 bits per heavy atom. The zero-order valence-electron chi connectivity index (χ0n) is 10.1. The molecule has 0 amide bonds. The molecule has 0 aliphatic carbocycles. The van der Waals surface area contributed by atoms with Crippen molar-refractivity contribution in [3.05, 3.63) is 47.2 Å². The largest absolute Gasteiger partial charge is 0.497 e. The fourth-order valence-electron chi connectivity index (χ4n) is 1.91. The maximum atomic E-state index is 12.9. The van der Waals surface area contributed by atoms with E-state index in [0.717, 1.165) is 11.1 Å². The molecule has 0 aliphatic heterocycles. The lowest BCUT2D eigenvalue weighted by Crippen LogP contribution is -1.82. The summed E-state index contributed by atoms with van der Waals surface area (Å²) in [6.45, 7) is 0. The van der Waals surface area contributed by atoms with Crippen LogP contribution in [0.4, 0.5) is 4.39 Å². The Balaban J connectivity index is 2.16. The predicted molar refractivity (Wildman–Crippen MR) is 73.0 cm³/mol. The molecule has 96 valence electrons. The summed E-state index contributed by atoms with van der Waals surface area (Å²) in [5.74, 6) is 1.02. The number of aromatic nitrogens is 2. The summed E-state index contributed by atoms with van der Waals surface area (Å²) < 4.78 is 18.1. The highest BCUT2D eigenvalue weighted by Crippen LogP contribution is 2.30. The highest BCUT2D eigenvalue weighted by atomic mass is 35.5. The average Bonchev–Trinajstić information content (AvgIpc) is 2.84. The third-order valence-corrected chi connectivity index (χ3v) is 3.16. The van der Waals surface area contributed by atoms with Crippen molar-refractivity contribution < 1.29 is 9.13 Å². The van der Waals surface area contributed by atoms with Crippen molar-refractivity contribution in [2.45, 2.75) is 0 Å². The van der Waals surface area contributed by atoms with Crippen LogP contribution in [0.2, 0.25) is 5.02 Å². The van der Waals surface area contributed by atoms with Crippen molar-refractivity contribution in [3.63, 3.8) is 0 Å². The summed E-state index contributed by atoms with van der Waals surface area (Å²) in [5.41, 5.74) is 2.25. The highest BCUT2D eigenvalue weighted by Gasteiger charge is 2.10. The van der Waals surface area contributed by atoms with Crippen LogP contribution in [0, 0.1) is 5.82 Å². The van der Waals surface area contributed by atoms with Gasteiger partial charge in [0.25, 0.3) is 0 Å². The first-order valence-corrected chi connectivity index (χ1v) is 6.04. The summed E-state index contributed by atoms with van der Waals surface area (Å²) in [6.07, 6.45) is 0. The van der Waals surface area contributed by atoms with E-state index in [1.54, 1.807) is 25.3 Å². The Morgan fingerprint density at radius 3 is 2.63 bits per heavy atom. The Labute approximate surface area is 114 Å². The number of H-pyrrole nitrogens is 1. The van der Waals surface area contributed by atoms with E-state index < -0.39 is 0 Å². The summed E-state index contributed by atoms with van der Waals surface area (Å²) >= 11 is 6.14. The SMILES string of the molecule is COc1cc(Cl)c2nc(-c3ccc(F)cc3)[nH]c2c1. The first kappa shape index (κ1) is 12.0. The molecule has 1 N–H and O–H groups in total. The third-order valence-electron chi connectivity index (χ3n) is 2.87. The van der Waals surface area contributed by atoms with E-state index in [9.17, 15) is 4.39 Å². The second-order valence-corrected chi connectivity index (χ2v) is 4.50. The number of nitrogens with one attached hydrogen (secondary N) is 1. The summed E-state index contributed by atoms with van der Waals surface area (Å²) in [4.78, 5) is 7.57.